The van der Waals surface area contributed by atoms with Gasteiger partial charge in [-0.05, 0) is 18.6 Å². The van der Waals surface area contributed by atoms with E-state index in [1.807, 2.05) is 0 Å². The van der Waals surface area contributed by atoms with E-state index in [9.17, 15) is 4.79 Å². The van der Waals surface area contributed by atoms with Crippen LogP contribution in [-0.4, -0.2) is 39.7 Å². The minimum Gasteiger partial charge on any atom is -0.497 e. The lowest BCUT2D eigenvalue weighted by molar-refractivity contribution is 0.0688. The molecule has 0 aliphatic carbocycles. The molecule has 1 heterocycles. The first-order chi connectivity index (χ1) is 9.56. The molecule has 2 rings (SSSR count). The maximum atomic E-state index is 11.1. The second kappa shape index (κ2) is 5.94. The number of ether oxygens (including phenoxy) is 1. The van der Waals surface area contributed by atoms with Crippen molar-refractivity contribution in [3.05, 3.63) is 40.7 Å². The van der Waals surface area contributed by atoms with Gasteiger partial charge in [-0.1, -0.05) is 11.6 Å². The van der Waals surface area contributed by atoms with Crippen molar-refractivity contribution < 1.29 is 19.7 Å². The SMILES string of the molecule is COc1ccc(Cl)c(-n2cc(CCO)c(C(=O)O)n2)c1. The largest absolute Gasteiger partial charge is 0.497 e. The lowest BCUT2D eigenvalue weighted by Gasteiger charge is -2.06. The van der Waals surface area contributed by atoms with Crippen LogP contribution in [-0.2, 0) is 6.42 Å². The number of nitrogens with zero attached hydrogens (tertiary/aromatic N) is 2. The first-order valence-electron chi connectivity index (χ1n) is 5.83. The summed E-state index contributed by atoms with van der Waals surface area (Å²) in [6.07, 6.45) is 1.75. The van der Waals surface area contributed by atoms with E-state index in [-0.39, 0.29) is 18.7 Å². The van der Waals surface area contributed by atoms with Crippen molar-refractivity contribution in [1.29, 1.82) is 0 Å². The number of aliphatic hydroxyl groups is 1. The summed E-state index contributed by atoms with van der Waals surface area (Å²) in [6.45, 7) is -0.155. The number of carbonyl (C=O) groups is 1. The molecule has 6 nitrogen and oxygen atoms in total. The van der Waals surface area contributed by atoms with Gasteiger partial charge in [-0.25, -0.2) is 9.48 Å². The zero-order valence-electron chi connectivity index (χ0n) is 10.7. The van der Waals surface area contributed by atoms with Crippen molar-refractivity contribution in [2.24, 2.45) is 0 Å². The number of methoxy groups -OCH3 is 1. The molecule has 0 bridgehead atoms. The molecule has 1 aromatic carbocycles. The van der Waals surface area contributed by atoms with Gasteiger partial charge in [-0.2, -0.15) is 5.10 Å². The van der Waals surface area contributed by atoms with E-state index < -0.39 is 5.97 Å². The number of hydrogen-bond acceptors (Lipinski definition) is 4. The molecule has 0 fully saturated rings. The van der Waals surface area contributed by atoms with Crippen LogP contribution in [0.4, 0.5) is 0 Å². The minimum absolute atomic E-state index is 0.0991. The molecule has 0 saturated carbocycles. The highest BCUT2D eigenvalue weighted by atomic mass is 35.5. The van der Waals surface area contributed by atoms with Crippen LogP contribution in [0.1, 0.15) is 16.1 Å². The molecule has 0 aliphatic heterocycles. The molecule has 1 aromatic heterocycles. The number of carboxylic acid groups (broad SMARTS) is 1. The van der Waals surface area contributed by atoms with Crippen molar-refractivity contribution in [3.63, 3.8) is 0 Å². The molecule has 2 N–H and O–H groups in total. The Kier molecular flexibility index (Phi) is 4.26. The maximum Gasteiger partial charge on any atom is 0.356 e. The second-order valence-electron chi connectivity index (χ2n) is 4.04. The Morgan fingerprint density at radius 2 is 2.25 bits per heavy atom. The smallest absolute Gasteiger partial charge is 0.356 e. The summed E-state index contributed by atoms with van der Waals surface area (Å²) in [7, 11) is 1.52. The predicted octanol–water partition coefficient (Wildman–Crippen LogP) is 1.77. The fourth-order valence-electron chi connectivity index (χ4n) is 1.81. The highest BCUT2D eigenvalue weighted by Gasteiger charge is 2.17. The van der Waals surface area contributed by atoms with Crippen LogP contribution in [0.2, 0.25) is 5.02 Å². The predicted molar refractivity (Wildman–Crippen MR) is 72.9 cm³/mol. The Hall–Kier alpha value is -2.05. The maximum absolute atomic E-state index is 11.1. The fourth-order valence-corrected chi connectivity index (χ4v) is 2.02. The summed E-state index contributed by atoms with van der Waals surface area (Å²) in [5, 5.41) is 22.5. The van der Waals surface area contributed by atoms with E-state index in [0.29, 0.717) is 22.0 Å². The van der Waals surface area contributed by atoms with Crippen molar-refractivity contribution in [2.45, 2.75) is 6.42 Å². The summed E-state index contributed by atoms with van der Waals surface area (Å²) >= 11 is 6.09. The minimum atomic E-state index is -1.15. The van der Waals surface area contributed by atoms with Crippen LogP contribution in [0.3, 0.4) is 0 Å². The number of aromatic nitrogens is 2. The van der Waals surface area contributed by atoms with Crippen molar-refractivity contribution in [1.82, 2.24) is 9.78 Å². The molecule has 0 amide bonds. The molecular weight excluding hydrogens is 284 g/mol. The first kappa shape index (κ1) is 14.4. The summed E-state index contributed by atoms with van der Waals surface area (Å²) in [5.41, 5.74) is 0.856. The number of hydrogen-bond donors (Lipinski definition) is 2. The molecule has 0 unspecified atom stereocenters. The van der Waals surface area contributed by atoms with E-state index in [4.69, 9.17) is 26.6 Å². The van der Waals surface area contributed by atoms with Crippen molar-refractivity contribution >= 4 is 17.6 Å². The molecular formula is C13H13ClN2O4. The third kappa shape index (κ3) is 2.76. The summed E-state index contributed by atoms with van der Waals surface area (Å²) in [5.74, 6) is -0.563. The van der Waals surface area contributed by atoms with Crippen LogP contribution in [0.5, 0.6) is 5.75 Å². The number of aromatic carboxylic acids is 1. The molecule has 0 atom stereocenters. The Bertz CT molecular complexity index is 639. The Balaban J connectivity index is 2.52. The first-order valence-corrected chi connectivity index (χ1v) is 6.21. The molecule has 0 saturated heterocycles. The van der Waals surface area contributed by atoms with Gasteiger partial charge in [0.15, 0.2) is 5.69 Å². The quantitative estimate of drug-likeness (QED) is 0.878. The molecule has 106 valence electrons. The number of aliphatic hydroxyl groups excluding tert-OH is 1. The molecule has 0 aliphatic rings. The average molecular weight is 297 g/mol. The van der Waals surface area contributed by atoms with E-state index in [1.54, 1.807) is 24.4 Å². The third-order valence-electron chi connectivity index (χ3n) is 2.77. The summed E-state index contributed by atoms with van der Waals surface area (Å²) < 4.78 is 6.48. The molecule has 7 heteroatoms. The van der Waals surface area contributed by atoms with E-state index in [0.717, 1.165) is 0 Å². The van der Waals surface area contributed by atoms with Gasteiger partial charge in [0.25, 0.3) is 0 Å². The lowest BCUT2D eigenvalue weighted by Crippen LogP contribution is -2.04. The van der Waals surface area contributed by atoms with Crippen LogP contribution >= 0.6 is 11.6 Å². The van der Waals surface area contributed by atoms with Gasteiger partial charge >= 0.3 is 5.97 Å². The molecule has 0 radical (unpaired) electrons. The lowest BCUT2D eigenvalue weighted by atomic mass is 10.2. The fraction of sp³-hybridized carbons (Fsp3) is 0.231. The average Bonchev–Trinajstić information content (AvgIpc) is 2.84. The normalized spacial score (nSPS) is 10.6. The van der Waals surface area contributed by atoms with Crippen LogP contribution in [0.25, 0.3) is 5.69 Å². The zero-order chi connectivity index (χ0) is 14.7. The topological polar surface area (TPSA) is 84.6 Å². The summed E-state index contributed by atoms with van der Waals surface area (Å²) in [6, 6.07) is 5.00. The highest BCUT2D eigenvalue weighted by Crippen LogP contribution is 2.26. The monoisotopic (exact) mass is 296 g/mol. The molecule has 0 spiro atoms. The Labute approximate surface area is 120 Å². The Morgan fingerprint density at radius 1 is 1.50 bits per heavy atom. The van der Waals surface area contributed by atoms with Gasteiger partial charge in [0, 0.05) is 24.4 Å². The number of halogens is 1. The molecule has 20 heavy (non-hydrogen) atoms. The Morgan fingerprint density at radius 3 is 2.85 bits per heavy atom. The molecule has 2 aromatic rings. The summed E-state index contributed by atoms with van der Waals surface area (Å²) in [4.78, 5) is 11.1. The van der Waals surface area contributed by atoms with Crippen LogP contribution < -0.4 is 4.74 Å². The van der Waals surface area contributed by atoms with Gasteiger partial charge in [0.1, 0.15) is 5.75 Å². The van der Waals surface area contributed by atoms with Gasteiger partial charge in [-0.3, -0.25) is 0 Å². The number of benzene rings is 1. The van der Waals surface area contributed by atoms with Gasteiger partial charge < -0.3 is 14.9 Å². The van der Waals surface area contributed by atoms with E-state index >= 15 is 0 Å². The number of rotatable bonds is 5. The van der Waals surface area contributed by atoms with Gasteiger partial charge in [-0.15, -0.1) is 0 Å². The third-order valence-corrected chi connectivity index (χ3v) is 3.09. The van der Waals surface area contributed by atoms with E-state index in [1.165, 1.54) is 11.8 Å². The number of carboxylic acids is 1. The van der Waals surface area contributed by atoms with E-state index in [2.05, 4.69) is 5.10 Å². The van der Waals surface area contributed by atoms with Gasteiger partial charge in [0.05, 0.1) is 17.8 Å². The second-order valence-corrected chi connectivity index (χ2v) is 4.45. The van der Waals surface area contributed by atoms with Crippen LogP contribution in [0, 0.1) is 0 Å². The van der Waals surface area contributed by atoms with Gasteiger partial charge in [0.2, 0.25) is 0 Å². The van der Waals surface area contributed by atoms with Crippen LogP contribution in [0.15, 0.2) is 24.4 Å². The zero-order valence-corrected chi connectivity index (χ0v) is 11.5. The van der Waals surface area contributed by atoms with Crippen molar-refractivity contribution in [3.8, 4) is 11.4 Å². The van der Waals surface area contributed by atoms with Crippen molar-refractivity contribution in [2.75, 3.05) is 13.7 Å². The highest BCUT2D eigenvalue weighted by molar-refractivity contribution is 6.32. The standard InChI is InChI=1S/C13H13ClN2O4/c1-20-9-2-3-10(14)11(6-9)16-7-8(4-5-17)12(15-16)13(18)19/h2-3,6-7,17H,4-5H2,1H3,(H,18,19).